The highest BCUT2D eigenvalue weighted by Gasteiger charge is 2.13. The monoisotopic (exact) mass is 286 g/mol. The van der Waals surface area contributed by atoms with Crippen LogP contribution in [-0.2, 0) is 9.84 Å². The van der Waals surface area contributed by atoms with Gasteiger partial charge in [0.2, 0.25) is 0 Å². The number of hydrogen-bond donors (Lipinski definition) is 0. The van der Waals surface area contributed by atoms with E-state index in [1.54, 1.807) is 24.3 Å². The molecule has 2 nitrogen and oxygen atoms in total. The van der Waals surface area contributed by atoms with Crippen molar-refractivity contribution in [3.8, 4) is 0 Å². The SMILES string of the molecule is C/C(=C\c1ccccc1)CCS(=O)(=O)c1ccccc1. The van der Waals surface area contributed by atoms with Gasteiger partial charge in [-0.15, -0.1) is 0 Å². The molecule has 104 valence electrons. The van der Waals surface area contributed by atoms with Crippen LogP contribution in [0.2, 0.25) is 0 Å². The molecule has 0 aliphatic carbocycles. The second kappa shape index (κ2) is 6.53. The number of hydrogen-bond acceptors (Lipinski definition) is 2. The van der Waals surface area contributed by atoms with Crippen LogP contribution in [0.1, 0.15) is 18.9 Å². The molecule has 0 N–H and O–H groups in total. The molecule has 0 unspecified atom stereocenters. The summed E-state index contributed by atoms with van der Waals surface area (Å²) in [4.78, 5) is 0.396. The van der Waals surface area contributed by atoms with Crippen molar-refractivity contribution in [2.75, 3.05) is 5.75 Å². The first-order valence-electron chi connectivity index (χ1n) is 6.58. The van der Waals surface area contributed by atoms with Crippen LogP contribution in [0.4, 0.5) is 0 Å². The molecule has 2 rings (SSSR count). The third-order valence-electron chi connectivity index (χ3n) is 3.08. The average molecular weight is 286 g/mol. The lowest BCUT2D eigenvalue weighted by Gasteiger charge is -2.05. The molecular formula is C17H18O2S. The number of sulfone groups is 1. The minimum atomic E-state index is -3.19. The summed E-state index contributed by atoms with van der Waals surface area (Å²) in [6.45, 7) is 1.97. The maximum atomic E-state index is 12.2. The lowest BCUT2D eigenvalue weighted by atomic mass is 10.1. The molecule has 3 heteroatoms. The van der Waals surface area contributed by atoms with Crippen molar-refractivity contribution in [2.24, 2.45) is 0 Å². The van der Waals surface area contributed by atoms with Crippen LogP contribution in [0, 0.1) is 0 Å². The molecule has 2 aromatic carbocycles. The average Bonchev–Trinajstić information content (AvgIpc) is 2.47. The Labute approximate surface area is 120 Å². The zero-order chi connectivity index (χ0) is 14.4. The van der Waals surface area contributed by atoms with E-state index in [2.05, 4.69) is 0 Å². The van der Waals surface area contributed by atoms with Crippen LogP contribution < -0.4 is 0 Å². The maximum Gasteiger partial charge on any atom is 0.178 e. The van der Waals surface area contributed by atoms with Gasteiger partial charge in [0.15, 0.2) is 9.84 Å². The quantitative estimate of drug-likeness (QED) is 0.834. The van der Waals surface area contributed by atoms with Crippen molar-refractivity contribution in [2.45, 2.75) is 18.2 Å². The molecule has 2 aromatic rings. The second-order valence-electron chi connectivity index (χ2n) is 4.78. The third-order valence-corrected chi connectivity index (χ3v) is 4.81. The van der Waals surface area contributed by atoms with Crippen molar-refractivity contribution >= 4 is 15.9 Å². The molecule has 0 aliphatic heterocycles. The van der Waals surface area contributed by atoms with E-state index in [1.807, 2.05) is 49.4 Å². The summed E-state index contributed by atoms with van der Waals surface area (Å²) in [5, 5.41) is 0. The summed E-state index contributed by atoms with van der Waals surface area (Å²) in [7, 11) is -3.19. The predicted octanol–water partition coefficient (Wildman–Crippen LogP) is 3.95. The summed E-state index contributed by atoms with van der Waals surface area (Å²) in [6.07, 6.45) is 2.58. The molecule has 0 saturated carbocycles. The van der Waals surface area contributed by atoms with Crippen molar-refractivity contribution < 1.29 is 8.42 Å². The number of allylic oxidation sites excluding steroid dienone is 1. The first-order valence-corrected chi connectivity index (χ1v) is 8.23. The molecular weight excluding hydrogens is 268 g/mol. The van der Waals surface area contributed by atoms with E-state index in [0.717, 1.165) is 11.1 Å². The number of rotatable bonds is 5. The van der Waals surface area contributed by atoms with Gasteiger partial charge >= 0.3 is 0 Å². The molecule has 0 bridgehead atoms. The van der Waals surface area contributed by atoms with Crippen molar-refractivity contribution in [3.05, 3.63) is 71.8 Å². The Kier molecular flexibility index (Phi) is 4.74. The van der Waals surface area contributed by atoms with Crippen LogP contribution in [0.25, 0.3) is 6.08 Å². The van der Waals surface area contributed by atoms with Crippen LogP contribution >= 0.6 is 0 Å². The van der Waals surface area contributed by atoms with E-state index in [-0.39, 0.29) is 5.75 Å². The molecule has 0 fully saturated rings. The Morgan fingerprint density at radius 3 is 2.10 bits per heavy atom. The van der Waals surface area contributed by atoms with Crippen LogP contribution in [0.5, 0.6) is 0 Å². The molecule has 0 saturated heterocycles. The Balaban J connectivity index is 2.04. The highest BCUT2D eigenvalue weighted by Crippen LogP contribution is 2.15. The van der Waals surface area contributed by atoms with Crippen LogP contribution in [-0.4, -0.2) is 14.2 Å². The summed E-state index contributed by atoms with van der Waals surface area (Å²) >= 11 is 0. The van der Waals surface area contributed by atoms with Crippen molar-refractivity contribution in [3.63, 3.8) is 0 Å². The van der Waals surface area contributed by atoms with Gasteiger partial charge in [-0.25, -0.2) is 8.42 Å². The molecule has 0 aromatic heterocycles. The van der Waals surface area contributed by atoms with Gasteiger partial charge < -0.3 is 0 Å². The van der Waals surface area contributed by atoms with E-state index in [4.69, 9.17) is 0 Å². The predicted molar refractivity (Wildman–Crippen MR) is 83.2 cm³/mol. The fourth-order valence-corrected chi connectivity index (χ4v) is 3.35. The van der Waals surface area contributed by atoms with Crippen molar-refractivity contribution in [1.29, 1.82) is 0 Å². The first-order chi connectivity index (χ1) is 9.58. The topological polar surface area (TPSA) is 34.1 Å². The molecule has 0 amide bonds. The summed E-state index contributed by atoms with van der Waals surface area (Å²) in [5.74, 6) is 0.145. The van der Waals surface area contributed by atoms with Gasteiger partial charge in [-0.2, -0.15) is 0 Å². The molecule has 0 radical (unpaired) electrons. The fraction of sp³-hybridized carbons (Fsp3) is 0.176. The van der Waals surface area contributed by atoms with Gasteiger partial charge in [0, 0.05) is 0 Å². The highest BCUT2D eigenvalue weighted by atomic mass is 32.2. The van der Waals surface area contributed by atoms with Gasteiger partial charge in [0.1, 0.15) is 0 Å². The molecule has 20 heavy (non-hydrogen) atoms. The van der Waals surface area contributed by atoms with E-state index in [9.17, 15) is 8.42 Å². The maximum absolute atomic E-state index is 12.2. The van der Waals surface area contributed by atoms with Crippen molar-refractivity contribution in [1.82, 2.24) is 0 Å². The lowest BCUT2D eigenvalue weighted by molar-refractivity contribution is 0.595. The van der Waals surface area contributed by atoms with Gasteiger partial charge in [-0.1, -0.05) is 60.2 Å². The van der Waals surface area contributed by atoms with Gasteiger partial charge in [0.25, 0.3) is 0 Å². The van der Waals surface area contributed by atoms with Gasteiger partial charge in [-0.3, -0.25) is 0 Å². The smallest absolute Gasteiger partial charge is 0.178 e. The third kappa shape index (κ3) is 4.07. The highest BCUT2D eigenvalue weighted by molar-refractivity contribution is 7.91. The van der Waals surface area contributed by atoms with E-state index in [0.29, 0.717) is 11.3 Å². The van der Waals surface area contributed by atoms with Crippen LogP contribution in [0.3, 0.4) is 0 Å². The summed E-state index contributed by atoms with van der Waals surface area (Å²) < 4.78 is 24.3. The van der Waals surface area contributed by atoms with Crippen LogP contribution in [0.15, 0.2) is 71.1 Å². The number of benzene rings is 2. The largest absolute Gasteiger partial charge is 0.224 e. The summed E-state index contributed by atoms with van der Waals surface area (Å²) in [5.41, 5.74) is 2.16. The molecule has 0 heterocycles. The minimum absolute atomic E-state index is 0.145. The Hall–Kier alpha value is -1.87. The van der Waals surface area contributed by atoms with E-state index in [1.165, 1.54) is 0 Å². The second-order valence-corrected chi connectivity index (χ2v) is 6.89. The van der Waals surface area contributed by atoms with E-state index < -0.39 is 9.84 Å². The van der Waals surface area contributed by atoms with Gasteiger partial charge in [-0.05, 0) is 31.0 Å². The minimum Gasteiger partial charge on any atom is -0.224 e. The first kappa shape index (κ1) is 14.5. The van der Waals surface area contributed by atoms with E-state index >= 15 is 0 Å². The zero-order valence-electron chi connectivity index (χ0n) is 11.5. The lowest BCUT2D eigenvalue weighted by Crippen LogP contribution is -2.06. The Bertz CT molecular complexity index is 671. The summed E-state index contributed by atoms with van der Waals surface area (Å²) in [6, 6.07) is 18.5. The molecule has 0 spiro atoms. The Morgan fingerprint density at radius 1 is 0.950 bits per heavy atom. The van der Waals surface area contributed by atoms with Gasteiger partial charge in [0.05, 0.1) is 10.6 Å². The Morgan fingerprint density at radius 2 is 1.50 bits per heavy atom. The normalized spacial score (nSPS) is 12.3. The zero-order valence-corrected chi connectivity index (χ0v) is 12.3. The molecule has 0 atom stereocenters. The standard InChI is InChI=1S/C17H18O2S/c1-15(14-16-8-4-2-5-9-16)12-13-20(18,19)17-10-6-3-7-11-17/h2-11,14H,12-13H2,1H3/b15-14+. The molecule has 0 aliphatic rings. The fourth-order valence-electron chi connectivity index (χ4n) is 1.95.